The van der Waals surface area contributed by atoms with Crippen molar-refractivity contribution in [1.82, 2.24) is 10.3 Å². The molecule has 3 aromatic rings. The first-order chi connectivity index (χ1) is 12.6. The summed E-state index contributed by atoms with van der Waals surface area (Å²) < 4.78 is 6.68. The molecule has 1 aromatic heterocycles. The number of aromatic nitrogens is 1. The van der Waals surface area contributed by atoms with E-state index in [-0.39, 0.29) is 12.5 Å². The average molecular weight is 369 g/mol. The Labute approximate surface area is 158 Å². The minimum atomic E-state index is -0.0901. The van der Waals surface area contributed by atoms with Crippen molar-refractivity contribution in [2.24, 2.45) is 5.92 Å². The van der Waals surface area contributed by atoms with Gasteiger partial charge in [0.15, 0.2) is 0 Å². The fraction of sp³-hybridized carbons (Fsp3) is 0.333. The molecule has 26 heavy (non-hydrogen) atoms. The van der Waals surface area contributed by atoms with Crippen LogP contribution in [-0.4, -0.2) is 24.0 Å². The lowest BCUT2D eigenvalue weighted by Gasteiger charge is -2.21. The zero-order valence-corrected chi connectivity index (χ0v) is 16.0. The molecular weight excluding hydrogens is 344 g/mol. The predicted octanol–water partition coefficient (Wildman–Crippen LogP) is 4.37. The van der Waals surface area contributed by atoms with Gasteiger partial charge < -0.3 is 10.1 Å². The van der Waals surface area contributed by atoms with Gasteiger partial charge in [0.05, 0.1) is 16.8 Å². The van der Waals surface area contributed by atoms with E-state index in [0.29, 0.717) is 25.0 Å². The van der Waals surface area contributed by atoms with E-state index in [9.17, 15) is 4.79 Å². The smallest absolute Gasteiger partial charge is 0.246 e. The molecule has 0 bridgehead atoms. The third-order valence-electron chi connectivity index (χ3n) is 4.35. The number of amides is 1. The number of rotatable bonds is 8. The van der Waals surface area contributed by atoms with E-state index in [1.54, 1.807) is 11.3 Å². The van der Waals surface area contributed by atoms with Gasteiger partial charge in [-0.05, 0) is 23.6 Å². The second-order valence-corrected chi connectivity index (χ2v) is 7.75. The van der Waals surface area contributed by atoms with Gasteiger partial charge in [-0.15, -0.1) is 11.3 Å². The van der Waals surface area contributed by atoms with Gasteiger partial charge in [0.25, 0.3) is 0 Å². The second-order valence-electron chi connectivity index (χ2n) is 6.63. The summed E-state index contributed by atoms with van der Waals surface area (Å²) in [6.07, 6.45) is 0. The number of fused-ring (bicyclic) bond motifs is 1. The first kappa shape index (κ1) is 18.5. The summed E-state index contributed by atoms with van der Waals surface area (Å²) in [5.74, 6) is 0.651. The normalized spacial score (nSPS) is 12.4. The number of benzene rings is 2. The minimum absolute atomic E-state index is 0.0511. The Morgan fingerprint density at radius 2 is 1.85 bits per heavy atom. The van der Waals surface area contributed by atoms with Crippen LogP contribution in [0.2, 0.25) is 0 Å². The molecule has 1 atom stereocenters. The van der Waals surface area contributed by atoms with Gasteiger partial charge in [0.1, 0.15) is 11.6 Å². The van der Waals surface area contributed by atoms with Crippen LogP contribution in [-0.2, 0) is 16.1 Å². The van der Waals surface area contributed by atoms with Crippen LogP contribution in [0.3, 0.4) is 0 Å². The monoisotopic (exact) mass is 368 g/mol. The van der Waals surface area contributed by atoms with Gasteiger partial charge in [0.2, 0.25) is 5.91 Å². The summed E-state index contributed by atoms with van der Waals surface area (Å²) in [4.78, 5) is 16.6. The molecule has 1 heterocycles. The highest BCUT2D eigenvalue weighted by Gasteiger charge is 2.16. The van der Waals surface area contributed by atoms with Crippen molar-refractivity contribution < 1.29 is 9.53 Å². The molecule has 0 unspecified atom stereocenters. The molecule has 0 aliphatic heterocycles. The lowest BCUT2D eigenvalue weighted by atomic mass is 9.88. The average Bonchev–Trinajstić information content (AvgIpc) is 3.05. The Hall–Kier alpha value is -2.24. The Kier molecular flexibility index (Phi) is 6.36. The van der Waals surface area contributed by atoms with Gasteiger partial charge in [-0.2, -0.15) is 0 Å². The zero-order chi connectivity index (χ0) is 18.4. The maximum Gasteiger partial charge on any atom is 0.246 e. The molecular formula is C21H24N2O2S. The van der Waals surface area contributed by atoms with Crippen LogP contribution in [0.5, 0.6) is 0 Å². The highest BCUT2D eigenvalue weighted by Crippen LogP contribution is 2.23. The SMILES string of the molecule is CC(C)[C@H](CNC(=O)COCc1nc2ccccc2s1)c1ccccc1. The molecule has 0 aliphatic carbocycles. The Bertz CT molecular complexity index is 812. The molecule has 0 aliphatic rings. The molecule has 0 saturated heterocycles. The maximum absolute atomic E-state index is 12.1. The van der Waals surface area contributed by atoms with Gasteiger partial charge in [-0.25, -0.2) is 4.98 Å². The standard InChI is InChI=1S/C21H24N2O2S/c1-15(2)17(16-8-4-3-5-9-16)12-22-20(24)13-25-14-21-23-18-10-6-7-11-19(18)26-21/h3-11,15,17H,12-14H2,1-2H3,(H,22,24)/t17-/m0/s1. The summed E-state index contributed by atoms with van der Waals surface area (Å²) >= 11 is 1.60. The fourth-order valence-corrected chi connectivity index (χ4v) is 3.83. The quantitative estimate of drug-likeness (QED) is 0.642. The number of carbonyl (C=O) groups is 1. The Morgan fingerprint density at radius 1 is 1.12 bits per heavy atom. The molecule has 1 amide bonds. The number of hydrogen-bond acceptors (Lipinski definition) is 4. The number of hydrogen-bond donors (Lipinski definition) is 1. The maximum atomic E-state index is 12.1. The number of nitrogens with one attached hydrogen (secondary N) is 1. The Balaban J connectivity index is 1.46. The first-order valence-corrected chi connectivity index (χ1v) is 9.69. The molecule has 0 fully saturated rings. The van der Waals surface area contributed by atoms with Crippen LogP contribution in [0.4, 0.5) is 0 Å². The van der Waals surface area contributed by atoms with E-state index < -0.39 is 0 Å². The van der Waals surface area contributed by atoms with Crippen LogP contribution >= 0.6 is 11.3 Å². The number of carbonyl (C=O) groups excluding carboxylic acids is 1. The molecule has 0 saturated carbocycles. The summed E-state index contributed by atoms with van der Waals surface area (Å²) in [5.41, 5.74) is 2.22. The molecule has 5 heteroatoms. The van der Waals surface area contributed by atoms with Crippen molar-refractivity contribution in [1.29, 1.82) is 0 Å². The van der Waals surface area contributed by atoms with E-state index >= 15 is 0 Å². The summed E-state index contributed by atoms with van der Waals surface area (Å²) in [6.45, 7) is 5.38. The van der Waals surface area contributed by atoms with Crippen LogP contribution in [0.25, 0.3) is 10.2 Å². The topological polar surface area (TPSA) is 51.2 Å². The van der Waals surface area contributed by atoms with Crippen molar-refractivity contribution in [3.63, 3.8) is 0 Å². The number of ether oxygens (including phenoxy) is 1. The van der Waals surface area contributed by atoms with E-state index in [2.05, 4.69) is 36.3 Å². The van der Waals surface area contributed by atoms with E-state index in [1.807, 2.05) is 42.5 Å². The van der Waals surface area contributed by atoms with Crippen LogP contribution in [0.15, 0.2) is 54.6 Å². The van der Waals surface area contributed by atoms with Crippen molar-refractivity contribution in [2.75, 3.05) is 13.2 Å². The van der Waals surface area contributed by atoms with Crippen molar-refractivity contribution in [3.8, 4) is 0 Å². The van der Waals surface area contributed by atoms with E-state index in [1.165, 1.54) is 5.56 Å². The van der Waals surface area contributed by atoms with Crippen molar-refractivity contribution >= 4 is 27.5 Å². The van der Waals surface area contributed by atoms with Gasteiger partial charge in [-0.1, -0.05) is 56.3 Å². The predicted molar refractivity (Wildman–Crippen MR) is 106 cm³/mol. The van der Waals surface area contributed by atoms with Crippen LogP contribution in [0.1, 0.15) is 30.3 Å². The Morgan fingerprint density at radius 3 is 2.58 bits per heavy atom. The van der Waals surface area contributed by atoms with Gasteiger partial charge >= 0.3 is 0 Å². The molecule has 2 aromatic carbocycles. The summed E-state index contributed by atoms with van der Waals surface area (Å²) in [5, 5.41) is 3.89. The first-order valence-electron chi connectivity index (χ1n) is 8.87. The van der Waals surface area contributed by atoms with E-state index in [4.69, 9.17) is 4.74 Å². The van der Waals surface area contributed by atoms with Gasteiger partial charge in [0, 0.05) is 12.5 Å². The highest BCUT2D eigenvalue weighted by atomic mass is 32.1. The zero-order valence-electron chi connectivity index (χ0n) is 15.1. The van der Waals surface area contributed by atoms with Crippen LogP contribution < -0.4 is 5.32 Å². The van der Waals surface area contributed by atoms with E-state index in [0.717, 1.165) is 15.2 Å². The number of thiazole rings is 1. The highest BCUT2D eigenvalue weighted by molar-refractivity contribution is 7.18. The fourth-order valence-electron chi connectivity index (χ4n) is 2.93. The van der Waals surface area contributed by atoms with Crippen molar-refractivity contribution in [3.05, 3.63) is 65.2 Å². The molecule has 0 radical (unpaired) electrons. The van der Waals surface area contributed by atoms with Crippen molar-refractivity contribution in [2.45, 2.75) is 26.4 Å². The molecule has 4 nitrogen and oxygen atoms in total. The third-order valence-corrected chi connectivity index (χ3v) is 5.36. The summed E-state index contributed by atoms with van der Waals surface area (Å²) in [7, 11) is 0. The second kappa shape index (κ2) is 8.92. The molecule has 136 valence electrons. The van der Waals surface area contributed by atoms with Gasteiger partial charge in [-0.3, -0.25) is 4.79 Å². The summed E-state index contributed by atoms with van der Waals surface area (Å²) in [6, 6.07) is 18.3. The number of para-hydroxylation sites is 1. The number of nitrogens with zero attached hydrogens (tertiary/aromatic N) is 1. The third kappa shape index (κ3) is 4.90. The lowest BCUT2D eigenvalue weighted by Crippen LogP contribution is -2.33. The molecule has 3 rings (SSSR count). The van der Waals surface area contributed by atoms with Crippen LogP contribution in [0, 0.1) is 5.92 Å². The molecule has 0 spiro atoms. The lowest BCUT2D eigenvalue weighted by molar-refractivity contribution is -0.126. The minimum Gasteiger partial charge on any atom is -0.364 e. The largest absolute Gasteiger partial charge is 0.364 e. The molecule has 1 N–H and O–H groups in total.